The van der Waals surface area contributed by atoms with Gasteiger partial charge in [-0.15, -0.1) is 0 Å². The molecule has 1 amide bonds. The molecule has 3 atom stereocenters. The zero-order valence-electron chi connectivity index (χ0n) is 28.2. The molecule has 2 aliphatic heterocycles. The standard InChI is InChI=1S/C36H52FN5O4/c1-6-42-33-14-13-27(31-22-41(19-15-32(31)37)18-10-8-7-9-17-39-40-24-43)20-29(33)30(21-36(4,5)23-46-26(3)45)35(42)28-12-11-16-38-34(28)25(2)44/h11-14,16,20,24-25,30,35,39,44H,6-10,15,17-19,21-23H2,1-5H3,(H,40,43). The van der Waals surface area contributed by atoms with Crippen molar-refractivity contribution in [3.63, 3.8) is 0 Å². The Bertz CT molecular complexity index is 1360. The predicted octanol–water partition coefficient (Wildman–Crippen LogP) is 5.98. The lowest BCUT2D eigenvalue weighted by Crippen LogP contribution is -2.32. The molecule has 252 valence electrons. The molecular weight excluding hydrogens is 585 g/mol. The monoisotopic (exact) mass is 637 g/mol. The zero-order chi connectivity index (χ0) is 33.3. The van der Waals surface area contributed by atoms with Crippen molar-refractivity contribution >= 4 is 23.6 Å². The summed E-state index contributed by atoms with van der Waals surface area (Å²) in [6.45, 7) is 13.6. The number of aliphatic hydroxyl groups is 1. The number of hydrogen-bond acceptors (Lipinski definition) is 8. The Labute approximate surface area is 273 Å². The highest BCUT2D eigenvalue weighted by Gasteiger charge is 2.43. The highest BCUT2D eigenvalue weighted by molar-refractivity contribution is 5.75. The van der Waals surface area contributed by atoms with Crippen molar-refractivity contribution in [2.45, 2.75) is 91.2 Å². The topological polar surface area (TPSA) is 107 Å². The fourth-order valence-corrected chi connectivity index (χ4v) is 7.04. The average Bonchev–Trinajstić information content (AvgIpc) is 3.33. The second-order valence-electron chi connectivity index (χ2n) is 13.4. The van der Waals surface area contributed by atoms with Gasteiger partial charge < -0.3 is 14.7 Å². The zero-order valence-corrected chi connectivity index (χ0v) is 28.2. The predicted molar refractivity (Wildman–Crippen MR) is 180 cm³/mol. The molecular formula is C36H52FN5O4. The van der Waals surface area contributed by atoms with Crippen LogP contribution in [-0.4, -0.2) is 66.7 Å². The van der Waals surface area contributed by atoms with Crippen molar-refractivity contribution in [1.82, 2.24) is 20.7 Å². The number of pyridine rings is 1. The fourth-order valence-electron chi connectivity index (χ4n) is 7.04. The molecule has 3 N–H and O–H groups in total. The summed E-state index contributed by atoms with van der Waals surface area (Å²) in [5.41, 5.74) is 10.6. The van der Waals surface area contributed by atoms with E-state index in [0.717, 1.165) is 79.7 Å². The average molecular weight is 638 g/mol. The van der Waals surface area contributed by atoms with Gasteiger partial charge in [0.25, 0.3) is 0 Å². The molecule has 2 aliphatic rings. The molecule has 0 bridgehead atoms. The lowest BCUT2D eigenvalue weighted by atomic mass is 9.76. The van der Waals surface area contributed by atoms with E-state index in [4.69, 9.17) is 4.74 Å². The van der Waals surface area contributed by atoms with Crippen molar-refractivity contribution in [3.8, 4) is 0 Å². The number of halogens is 1. The van der Waals surface area contributed by atoms with Gasteiger partial charge in [0, 0.05) is 62.9 Å². The summed E-state index contributed by atoms with van der Waals surface area (Å²) < 4.78 is 21.0. The minimum Gasteiger partial charge on any atom is -0.465 e. The Morgan fingerprint density at radius 2 is 2.00 bits per heavy atom. The van der Waals surface area contributed by atoms with E-state index in [2.05, 4.69) is 70.7 Å². The largest absolute Gasteiger partial charge is 0.465 e. The third kappa shape index (κ3) is 8.92. The van der Waals surface area contributed by atoms with Gasteiger partial charge in [-0.05, 0) is 80.0 Å². The number of nitrogens with zero attached hydrogens (tertiary/aromatic N) is 3. The van der Waals surface area contributed by atoms with Gasteiger partial charge in [-0.1, -0.05) is 38.8 Å². The van der Waals surface area contributed by atoms with Crippen LogP contribution in [0.3, 0.4) is 0 Å². The quantitative estimate of drug-likeness (QED) is 0.0843. The van der Waals surface area contributed by atoms with Crippen molar-refractivity contribution in [1.29, 1.82) is 0 Å². The van der Waals surface area contributed by atoms with Gasteiger partial charge in [0.2, 0.25) is 6.41 Å². The normalized spacial score (nSPS) is 19.2. The summed E-state index contributed by atoms with van der Waals surface area (Å²) in [4.78, 5) is 31.4. The van der Waals surface area contributed by atoms with Crippen LogP contribution in [0.2, 0.25) is 0 Å². The van der Waals surface area contributed by atoms with Crippen LogP contribution in [0.25, 0.3) is 5.57 Å². The molecule has 3 heterocycles. The molecule has 0 aliphatic carbocycles. The molecule has 0 spiro atoms. The highest BCUT2D eigenvalue weighted by Crippen LogP contribution is 2.54. The van der Waals surface area contributed by atoms with Gasteiger partial charge in [0.05, 0.1) is 24.4 Å². The first kappa shape index (κ1) is 35.5. The lowest BCUT2D eigenvalue weighted by molar-refractivity contribution is -0.144. The number of aromatic nitrogens is 1. The Morgan fingerprint density at radius 3 is 2.72 bits per heavy atom. The molecule has 0 saturated heterocycles. The SMILES string of the molecule is CCN1c2ccc(C3=C(F)CCN(CCCCCCNNC=O)C3)cc2C(CC(C)(C)COC(C)=O)C1c1cccnc1C(C)O. The number of unbranched alkanes of at least 4 members (excludes halogenated alkanes) is 3. The first-order valence-electron chi connectivity index (χ1n) is 16.8. The maximum atomic E-state index is 15.5. The number of benzene rings is 1. The number of hydrazine groups is 1. The molecule has 4 rings (SSSR count). The third-order valence-electron chi connectivity index (χ3n) is 9.21. The van der Waals surface area contributed by atoms with Gasteiger partial charge in [-0.25, -0.2) is 9.82 Å². The minimum atomic E-state index is -0.729. The molecule has 9 nitrogen and oxygen atoms in total. The van der Waals surface area contributed by atoms with Crippen LogP contribution < -0.4 is 15.8 Å². The Kier molecular flexibility index (Phi) is 12.7. The molecule has 10 heteroatoms. The van der Waals surface area contributed by atoms with Crippen LogP contribution >= 0.6 is 0 Å². The molecule has 0 radical (unpaired) electrons. The van der Waals surface area contributed by atoms with Crippen molar-refractivity contribution < 1.29 is 23.8 Å². The fraction of sp³-hybridized carbons (Fsp3) is 0.583. The lowest BCUT2D eigenvalue weighted by Gasteiger charge is -2.35. The van der Waals surface area contributed by atoms with Gasteiger partial charge in [0.1, 0.15) is 5.83 Å². The van der Waals surface area contributed by atoms with Gasteiger partial charge in [0.15, 0.2) is 0 Å². The van der Waals surface area contributed by atoms with Gasteiger partial charge in [-0.2, -0.15) is 0 Å². The Balaban J connectivity index is 1.60. The summed E-state index contributed by atoms with van der Waals surface area (Å²) in [6.07, 6.45) is 6.95. The molecule has 3 unspecified atom stereocenters. The van der Waals surface area contributed by atoms with E-state index in [0.29, 0.717) is 38.2 Å². The summed E-state index contributed by atoms with van der Waals surface area (Å²) >= 11 is 0. The number of nitrogens with one attached hydrogen (secondary N) is 2. The maximum Gasteiger partial charge on any atom is 0.302 e. The van der Waals surface area contributed by atoms with Crippen molar-refractivity contribution in [2.24, 2.45) is 5.41 Å². The number of hydrogen-bond donors (Lipinski definition) is 3. The number of anilines is 1. The molecule has 1 aromatic carbocycles. The first-order chi connectivity index (χ1) is 22.1. The summed E-state index contributed by atoms with van der Waals surface area (Å²) in [7, 11) is 0. The number of aliphatic hydroxyl groups excluding tert-OH is 1. The Hall–Kier alpha value is -3.34. The van der Waals surface area contributed by atoms with E-state index in [1.807, 2.05) is 6.07 Å². The highest BCUT2D eigenvalue weighted by atomic mass is 19.1. The third-order valence-corrected chi connectivity index (χ3v) is 9.21. The van der Waals surface area contributed by atoms with Crippen LogP contribution in [0, 0.1) is 5.41 Å². The summed E-state index contributed by atoms with van der Waals surface area (Å²) in [5, 5.41) is 10.7. The van der Waals surface area contributed by atoms with Crippen molar-refractivity contribution in [2.75, 3.05) is 44.2 Å². The van der Waals surface area contributed by atoms with E-state index in [1.165, 1.54) is 6.92 Å². The smallest absolute Gasteiger partial charge is 0.302 e. The molecule has 0 fully saturated rings. The van der Waals surface area contributed by atoms with Crippen molar-refractivity contribution in [3.05, 3.63) is 64.7 Å². The molecule has 1 aromatic heterocycles. The second kappa shape index (κ2) is 16.5. The number of carbonyl (C=O) groups excluding carboxylic acids is 2. The first-order valence-corrected chi connectivity index (χ1v) is 16.8. The second-order valence-corrected chi connectivity index (χ2v) is 13.4. The van der Waals surface area contributed by atoms with Gasteiger partial charge in [-0.3, -0.25) is 24.9 Å². The number of fused-ring (bicyclic) bond motifs is 1. The number of amides is 1. The number of esters is 1. The van der Waals surface area contributed by atoms with Crippen LogP contribution in [0.15, 0.2) is 42.4 Å². The van der Waals surface area contributed by atoms with E-state index in [-0.39, 0.29) is 29.2 Å². The van der Waals surface area contributed by atoms with Crippen LogP contribution in [-0.2, 0) is 14.3 Å². The number of ether oxygens (including phenoxy) is 1. The molecule has 0 saturated carbocycles. The van der Waals surface area contributed by atoms with Gasteiger partial charge >= 0.3 is 5.97 Å². The molecule has 2 aromatic rings. The van der Waals surface area contributed by atoms with Crippen LogP contribution in [0.1, 0.15) is 114 Å². The number of rotatable bonds is 17. The summed E-state index contributed by atoms with van der Waals surface area (Å²) in [5.74, 6) is -0.338. The van der Waals surface area contributed by atoms with E-state index in [9.17, 15) is 14.7 Å². The van der Waals surface area contributed by atoms with Crippen LogP contribution in [0.4, 0.5) is 10.1 Å². The molecule has 46 heavy (non-hydrogen) atoms. The number of carbonyl (C=O) groups is 2. The van der Waals surface area contributed by atoms with Crippen LogP contribution in [0.5, 0.6) is 0 Å². The van der Waals surface area contributed by atoms with E-state index >= 15 is 4.39 Å². The Morgan fingerprint density at radius 1 is 1.22 bits per heavy atom. The minimum absolute atomic E-state index is 0.00161. The van der Waals surface area contributed by atoms with E-state index in [1.54, 1.807) is 13.1 Å². The maximum absolute atomic E-state index is 15.5. The summed E-state index contributed by atoms with van der Waals surface area (Å²) in [6, 6.07) is 10.3. The van der Waals surface area contributed by atoms with E-state index < -0.39 is 6.10 Å². The number of likely N-dealkylation sites (N-methyl/N-ethyl adjacent to an activating group) is 1.